The van der Waals surface area contributed by atoms with Crippen molar-refractivity contribution in [3.05, 3.63) is 41.7 Å². The molecule has 0 saturated carbocycles. The summed E-state index contributed by atoms with van der Waals surface area (Å²) >= 11 is 0. The van der Waals surface area contributed by atoms with Crippen molar-refractivity contribution in [2.24, 2.45) is 4.99 Å². The van der Waals surface area contributed by atoms with Crippen molar-refractivity contribution < 1.29 is 9.15 Å². The van der Waals surface area contributed by atoms with Crippen LogP contribution in [0.2, 0.25) is 0 Å². The molecular weight excluding hydrogens is 495 g/mol. The van der Waals surface area contributed by atoms with Gasteiger partial charge in [0.2, 0.25) is 5.89 Å². The zero-order valence-electron chi connectivity index (χ0n) is 18.3. The molecular formula is C21H33IN6O2. The van der Waals surface area contributed by atoms with E-state index < -0.39 is 0 Å². The number of aromatic nitrogens is 2. The number of guanidine groups is 1. The van der Waals surface area contributed by atoms with E-state index in [-0.39, 0.29) is 29.4 Å². The number of hydrogen-bond acceptors (Lipinski definition) is 6. The van der Waals surface area contributed by atoms with Crippen LogP contribution in [0.4, 0.5) is 5.82 Å². The van der Waals surface area contributed by atoms with E-state index in [9.17, 15) is 0 Å². The van der Waals surface area contributed by atoms with Gasteiger partial charge in [-0.15, -0.1) is 24.0 Å². The van der Waals surface area contributed by atoms with E-state index in [2.05, 4.69) is 52.3 Å². The van der Waals surface area contributed by atoms with Gasteiger partial charge in [-0.3, -0.25) is 0 Å². The summed E-state index contributed by atoms with van der Waals surface area (Å²) in [7, 11) is 0. The van der Waals surface area contributed by atoms with E-state index >= 15 is 0 Å². The third-order valence-corrected chi connectivity index (χ3v) is 4.63. The van der Waals surface area contributed by atoms with Crippen LogP contribution in [0.5, 0.6) is 0 Å². The largest absolute Gasteiger partial charge is 0.443 e. The fourth-order valence-electron chi connectivity index (χ4n) is 3.02. The van der Waals surface area contributed by atoms with Gasteiger partial charge in [0.25, 0.3) is 0 Å². The summed E-state index contributed by atoms with van der Waals surface area (Å²) in [5, 5.41) is 6.57. The number of ether oxygens (including phenoxy) is 1. The monoisotopic (exact) mass is 528 g/mol. The van der Waals surface area contributed by atoms with E-state index in [0.717, 1.165) is 55.9 Å². The molecule has 1 aliphatic rings. The maximum Gasteiger partial charge on any atom is 0.213 e. The van der Waals surface area contributed by atoms with Gasteiger partial charge in [-0.2, -0.15) is 0 Å². The molecule has 1 aliphatic heterocycles. The molecule has 0 radical (unpaired) electrons. The number of hydrogen-bond donors (Lipinski definition) is 2. The topological polar surface area (TPSA) is 87.8 Å². The van der Waals surface area contributed by atoms with Crippen LogP contribution in [0.25, 0.3) is 0 Å². The Morgan fingerprint density at radius 3 is 2.63 bits per heavy atom. The first kappa shape index (κ1) is 24.4. The number of morpholine rings is 1. The molecule has 0 unspecified atom stereocenters. The Morgan fingerprint density at radius 2 is 1.97 bits per heavy atom. The maximum absolute atomic E-state index is 5.85. The Balaban J connectivity index is 0.00000320. The number of aliphatic imine (C=N–C) groups is 1. The lowest BCUT2D eigenvalue weighted by atomic mass is 9.94. The highest BCUT2D eigenvalue weighted by Crippen LogP contribution is 2.22. The molecule has 0 amide bonds. The van der Waals surface area contributed by atoms with Crippen molar-refractivity contribution >= 4 is 35.8 Å². The number of anilines is 1. The smallest absolute Gasteiger partial charge is 0.213 e. The predicted octanol–water partition coefficient (Wildman–Crippen LogP) is 3.08. The van der Waals surface area contributed by atoms with Gasteiger partial charge in [-0.1, -0.05) is 26.8 Å². The third kappa shape index (κ3) is 6.83. The molecule has 1 saturated heterocycles. The molecule has 0 bridgehead atoms. The fourth-order valence-corrected chi connectivity index (χ4v) is 3.02. The highest BCUT2D eigenvalue weighted by atomic mass is 127. The predicted molar refractivity (Wildman–Crippen MR) is 130 cm³/mol. The van der Waals surface area contributed by atoms with Crippen LogP contribution >= 0.6 is 24.0 Å². The molecule has 9 heteroatoms. The summed E-state index contributed by atoms with van der Waals surface area (Å²) in [6.45, 7) is 13.3. The van der Waals surface area contributed by atoms with Crippen molar-refractivity contribution in [3.63, 3.8) is 0 Å². The summed E-state index contributed by atoms with van der Waals surface area (Å²) in [5.74, 6) is 3.23. The van der Waals surface area contributed by atoms with Crippen LogP contribution in [-0.2, 0) is 23.2 Å². The minimum absolute atomic E-state index is 0. The SMILES string of the molecule is CCNC(=NCc1cccnc1N1CCOCC1)NCc1ncc(C(C)(C)C)o1.I. The summed E-state index contributed by atoms with van der Waals surface area (Å²) in [4.78, 5) is 15.9. The molecule has 2 aromatic rings. The van der Waals surface area contributed by atoms with Crippen molar-refractivity contribution in [1.82, 2.24) is 20.6 Å². The molecule has 8 nitrogen and oxygen atoms in total. The lowest BCUT2D eigenvalue weighted by molar-refractivity contribution is 0.122. The molecule has 3 heterocycles. The quantitative estimate of drug-likeness (QED) is 0.339. The second-order valence-corrected chi connectivity index (χ2v) is 8.00. The molecule has 2 aromatic heterocycles. The molecule has 2 N–H and O–H groups in total. The molecule has 0 atom stereocenters. The molecule has 166 valence electrons. The summed E-state index contributed by atoms with van der Waals surface area (Å²) in [6, 6.07) is 4.03. The van der Waals surface area contributed by atoms with E-state index in [1.165, 1.54) is 0 Å². The minimum atomic E-state index is -0.0555. The third-order valence-electron chi connectivity index (χ3n) is 4.63. The van der Waals surface area contributed by atoms with Crippen LogP contribution in [0.3, 0.4) is 0 Å². The highest BCUT2D eigenvalue weighted by molar-refractivity contribution is 14.0. The van der Waals surface area contributed by atoms with Gasteiger partial charge in [0.05, 0.1) is 32.5 Å². The van der Waals surface area contributed by atoms with Gasteiger partial charge >= 0.3 is 0 Å². The Labute approximate surface area is 195 Å². The van der Waals surface area contributed by atoms with E-state index in [1.54, 1.807) is 6.20 Å². The van der Waals surface area contributed by atoms with Crippen molar-refractivity contribution in [3.8, 4) is 0 Å². The number of pyridine rings is 1. The summed E-state index contributed by atoms with van der Waals surface area (Å²) in [5.41, 5.74) is 1.04. The van der Waals surface area contributed by atoms with Gasteiger partial charge in [-0.05, 0) is 13.0 Å². The van der Waals surface area contributed by atoms with Gasteiger partial charge in [-0.25, -0.2) is 15.0 Å². The van der Waals surface area contributed by atoms with E-state index in [4.69, 9.17) is 14.1 Å². The molecule has 30 heavy (non-hydrogen) atoms. The fraction of sp³-hybridized carbons (Fsp3) is 0.571. The maximum atomic E-state index is 5.85. The molecule has 0 aromatic carbocycles. The van der Waals surface area contributed by atoms with Gasteiger partial charge in [0, 0.05) is 36.8 Å². The van der Waals surface area contributed by atoms with Crippen LogP contribution in [-0.4, -0.2) is 48.8 Å². The summed E-state index contributed by atoms with van der Waals surface area (Å²) in [6.07, 6.45) is 3.63. The standard InChI is InChI=1S/C21H32N6O2.HI/c1-5-22-20(26-15-18-24-14-17(29-18)21(2,3)4)25-13-16-7-6-8-23-19(16)27-9-11-28-12-10-27;/h6-8,14H,5,9-13,15H2,1-4H3,(H2,22,25,26);1H. The van der Waals surface area contributed by atoms with Crippen molar-refractivity contribution in [2.45, 2.75) is 46.2 Å². The lowest BCUT2D eigenvalue weighted by Gasteiger charge is -2.29. The number of nitrogens with zero attached hydrogens (tertiary/aromatic N) is 4. The molecule has 0 aliphatic carbocycles. The van der Waals surface area contributed by atoms with E-state index in [0.29, 0.717) is 19.0 Å². The normalized spacial score (nSPS) is 14.9. The highest BCUT2D eigenvalue weighted by Gasteiger charge is 2.19. The van der Waals surface area contributed by atoms with Crippen LogP contribution < -0.4 is 15.5 Å². The molecule has 3 rings (SSSR count). The van der Waals surface area contributed by atoms with Crippen LogP contribution in [0, 0.1) is 0 Å². The number of nitrogens with one attached hydrogen (secondary N) is 2. The Kier molecular flexibility index (Phi) is 9.35. The number of rotatable bonds is 6. The first-order chi connectivity index (χ1) is 14.0. The number of halogens is 1. The Hall–Kier alpha value is -1.88. The average Bonchev–Trinajstić information content (AvgIpc) is 3.21. The van der Waals surface area contributed by atoms with Gasteiger partial charge in [0.15, 0.2) is 5.96 Å². The van der Waals surface area contributed by atoms with Crippen molar-refractivity contribution in [2.75, 3.05) is 37.7 Å². The van der Waals surface area contributed by atoms with Crippen LogP contribution in [0.1, 0.15) is 44.9 Å². The lowest BCUT2D eigenvalue weighted by Crippen LogP contribution is -2.38. The first-order valence-electron chi connectivity index (χ1n) is 10.2. The van der Waals surface area contributed by atoms with Crippen molar-refractivity contribution in [1.29, 1.82) is 0 Å². The average molecular weight is 528 g/mol. The zero-order valence-corrected chi connectivity index (χ0v) is 20.6. The second-order valence-electron chi connectivity index (χ2n) is 8.00. The molecule has 0 spiro atoms. The minimum Gasteiger partial charge on any atom is -0.443 e. The second kappa shape index (κ2) is 11.5. The van der Waals surface area contributed by atoms with Gasteiger partial charge in [0.1, 0.15) is 11.6 Å². The van der Waals surface area contributed by atoms with E-state index in [1.807, 2.05) is 19.2 Å². The first-order valence-corrected chi connectivity index (χ1v) is 10.2. The Morgan fingerprint density at radius 1 is 1.20 bits per heavy atom. The van der Waals surface area contributed by atoms with Crippen LogP contribution in [0.15, 0.2) is 33.9 Å². The molecule has 1 fully saturated rings. The Bertz CT molecular complexity index is 812. The number of oxazole rings is 1. The summed E-state index contributed by atoms with van der Waals surface area (Å²) < 4.78 is 11.3. The van der Waals surface area contributed by atoms with Gasteiger partial charge < -0.3 is 24.7 Å². The zero-order chi connectivity index (χ0) is 20.7.